The minimum atomic E-state index is -0.213. The van der Waals surface area contributed by atoms with Gasteiger partial charge in [-0.05, 0) is 12.0 Å². The van der Waals surface area contributed by atoms with Gasteiger partial charge in [0.05, 0.1) is 13.0 Å². The van der Waals surface area contributed by atoms with Crippen LogP contribution in [0.4, 0.5) is 0 Å². The minimum absolute atomic E-state index is 0.155. The van der Waals surface area contributed by atoms with Crippen molar-refractivity contribution in [1.82, 2.24) is 0 Å². The molecule has 0 fully saturated rings. The summed E-state index contributed by atoms with van der Waals surface area (Å²) in [7, 11) is 1.38. The summed E-state index contributed by atoms with van der Waals surface area (Å²) in [6, 6.07) is 7.19. The van der Waals surface area contributed by atoms with Crippen molar-refractivity contribution in [2.45, 2.75) is 13.3 Å². The molecule has 1 aromatic rings. The van der Waals surface area contributed by atoms with E-state index in [1.165, 1.54) is 7.11 Å². The maximum Gasteiger partial charge on any atom is 0.308 e. The van der Waals surface area contributed by atoms with E-state index < -0.39 is 0 Å². The standard InChI is InChI=1S/C12H14O3/c1-9(12(14)15-2)7-10-3-5-11(8-13)6-4-10/h3-6,8-9H,7H2,1-2H3. The molecule has 1 aromatic carbocycles. The minimum Gasteiger partial charge on any atom is -0.469 e. The number of ether oxygens (including phenoxy) is 1. The van der Waals surface area contributed by atoms with Crippen LogP contribution in [0.5, 0.6) is 0 Å². The SMILES string of the molecule is COC(=O)C(C)Cc1ccc(C=O)cc1. The summed E-state index contributed by atoms with van der Waals surface area (Å²) >= 11 is 0. The second-order valence-electron chi connectivity index (χ2n) is 3.49. The summed E-state index contributed by atoms with van der Waals surface area (Å²) in [4.78, 5) is 21.6. The predicted molar refractivity (Wildman–Crippen MR) is 56.7 cm³/mol. The zero-order chi connectivity index (χ0) is 11.3. The highest BCUT2D eigenvalue weighted by Gasteiger charge is 2.13. The molecule has 1 rings (SSSR count). The van der Waals surface area contributed by atoms with Gasteiger partial charge in [-0.1, -0.05) is 31.2 Å². The molecule has 0 aliphatic heterocycles. The second-order valence-corrected chi connectivity index (χ2v) is 3.49. The van der Waals surface area contributed by atoms with Crippen molar-refractivity contribution in [3.63, 3.8) is 0 Å². The fraction of sp³-hybridized carbons (Fsp3) is 0.333. The molecule has 1 atom stereocenters. The molecule has 0 bridgehead atoms. The Labute approximate surface area is 89.1 Å². The normalized spacial score (nSPS) is 11.9. The van der Waals surface area contributed by atoms with Gasteiger partial charge in [0.2, 0.25) is 0 Å². The van der Waals surface area contributed by atoms with Gasteiger partial charge in [0.1, 0.15) is 6.29 Å². The molecule has 0 heterocycles. The Balaban J connectivity index is 2.64. The molecule has 0 aliphatic rings. The van der Waals surface area contributed by atoms with Crippen LogP contribution in [0.2, 0.25) is 0 Å². The van der Waals surface area contributed by atoms with Crippen LogP contribution in [-0.4, -0.2) is 19.4 Å². The van der Waals surface area contributed by atoms with Crippen molar-refractivity contribution in [2.24, 2.45) is 5.92 Å². The van der Waals surface area contributed by atoms with Crippen molar-refractivity contribution in [3.8, 4) is 0 Å². The maximum absolute atomic E-state index is 11.2. The number of benzene rings is 1. The van der Waals surface area contributed by atoms with Gasteiger partial charge < -0.3 is 4.74 Å². The molecular formula is C12H14O3. The Hall–Kier alpha value is -1.64. The van der Waals surface area contributed by atoms with Gasteiger partial charge in [-0.25, -0.2) is 0 Å². The number of carbonyl (C=O) groups excluding carboxylic acids is 2. The van der Waals surface area contributed by atoms with Crippen LogP contribution in [0.1, 0.15) is 22.8 Å². The second kappa shape index (κ2) is 5.29. The molecule has 0 amide bonds. The van der Waals surface area contributed by atoms with Crippen molar-refractivity contribution in [2.75, 3.05) is 7.11 Å². The van der Waals surface area contributed by atoms with Crippen LogP contribution in [0.15, 0.2) is 24.3 Å². The lowest BCUT2D eigenvalue weighted by atomic mass is 10.0. The summed E-state index contributed by atoms with van der Waals surface area (Å²) in [6.45, 7) is 1.82. The summed E-state index contributed by atoms with van der Waals surface area (Å²) in [5.74, 6) is -0.369. The molecular weight excluding hydrogens is 192 g/mol. The van der Waals surface area contributed by atoms with Crippen LogP contribution in [0, 0.1) is 5.92 Å². The van der Waals surface area contributed by atoms with E-state index in [9.17, 15) is 9.59 Å². The summed E-state index contributed by atoms with van der Waals surface area (Å²) in [5.41, 5.74) is 1.67. The molecule has 3 nitrogen and oxygen atoms in total. The van der Waals surface area contributed by atoms with E-state index in [-0.39, 0.29) is 11.9 Å². The molecule has 0 aliphatic carbocycles. The molecule has 0 saturated heterocycles. The number of carbonyl (C=O) groups is 2. The fourth-order valence-electron chi connectivity index (χ4n) is 1.37. The van der Waals surface area contributed by atoms with E-state index in [0.717, 1.165) is 11.8 Å². The third kappa shape index (κ3) is 3.20. The van der Waals surface area contributed by atoms with Crippen LogP contribution in [-0.2, 0) is 16.0 Å². The van der Waals surface area contributed by atoms with Gasteiger partial charge in [0.25, 0.3) is 0 Å². The Morgan fingerprint density at radius 2 is 2.00 bits per heavy atom. The lowest BCUT2D eigenvalue weighted by molar-refractivity contribution is -0.144. The highest BCUT2D eigenvalue weighted by molar-refractivity contribution is 5.75. The smallest absolute Gasteiger partial charge is 0.308 e. The lowest BCUT2D eigenvalue weighted by Crippen LogP contribution is -2.15. The van der Waals surface area contributed by atoms with Crippen LogP contribution in [0.25, 0.3) is 0 Å². The number of hydrogen-bond donors (Lipinski definition) is 0. The highest BCUT2D eigenvalue weighted by atomic mass is 16.5. The van der Waals surface area contributed by atoms with Crippen molar-refractivity contribution in [3.05, 3.63) is 35.4 Å². The Bertz CT molecular complexity index is 340. The molecule has 1 unspecified atom stereocenters. The predicted octanol–water partition coefficient (Wildman–Crippen LogP) is 1.85. The maximum atomic E-state index is 11.2. The van der Waals surface area contributed by atoms with E-state index >= 15 is 0 Å². The number of rotatable bonds is 4. The first-order chi connectivity index (χ1) is 7.17. The Kier molecular flexibility index (Phi) is 4.03. The van der Waals surface area contributed by atoms with Crippen molar-refractivity contribution >= 4 is 12.3 Å². The van der Waals surface area contributed by atoms with Gasteiger partial charge >= 0.3 is 5.97 Å². The highest BCUT2D eigenvalue weighted by Crippen LogP contribution is 2.10. The van der Waals surface area contributed by atoms with Gasteiger partial charge in [-0.2, -0.15) is 0 Å². The van der Waals surface area contributed by atoms with Gasteiger partial charge in [-0.3, -0.25) is 9.59 Å². The zero-order valence-electron chi connectivity index (χ0n) is 8.90. The summed E-state index contributed by atoms with van der Waals surface area (Å²) < 4.78 is 4.63. The molecule has 3 heteroatoms. The molecule has 0 spiro atoms. The summed E-state index contributed by atoms with van der Waals surface area (Å²) in [5, 5.41) is 0. The number of aldehydes is 1. The van der Waals surface area contributed by atoms with Crippen LogP contribution < -0.4 is 0 Å². The van der Waals surface area contributed by atoms with Gasteiger partial charge in [0, 0.05) is 5.56 Å². The van der Waals surface area contributed by atoms with E-state index in [0.29, 0.717) is 12.0 Å². The first kappa shape index (κ1) is 11.4. The largest absolute Gasteiger partial charge is 0.469 e. The van der Waals surface area contributed by atoms with Gasteiger partial charge in [0.15, 0.2) is 0 Å². The third-order valence-electron chi connectivity index (χ3n) is 2.26. The number of hydrogen-bond acceptors (Lipinski definition) is 3. The zero-order valence-corrected chi connectivity index (χ0v) is 8.90. The number of methoxy groups -OCH3 is 1. The Morgan fingerprint density at radius 1 is 1.40 bits per heavy atom. The summed E-state index contributed by atoms with van der Waals surface area (Å²) in [6.07, 6.45) is 1.43. The first-order valence-corrected chi connectivity index (χ1v) is 4.79. The molecule has 0 N–H and O–H groups in total. The van der Waals surface area contributed by atoms with Gasteiger partial charge in [-0.15, -0.1) is 0 Å². The van der Waals surface area contributed by atoms with E-state index in [2.05, 4.69) is 4.74 Å². The molecule has 0 radical (unpaired) electrons. The molecule has 0 saturated carbocycles. The average Bonchev–Trinajstić information content (AvgIpc) is 2.29. The monoisotopic (exact) mass is 206 g/mol. The van der Waals surface area contributed by atoms with E-state index in [4.69, 9.17) is 0 Å². The quantitative estimate of drug-likeness (QED) is 0.557. The molecule has 15 heavy (non-hydrogen) atoms. The molecule has 0 aromatic heterocycles. The fourth-order valence-corrected chi connectivity index (χ4v) is 1.37. The average molecular weight is 206 g/mol. The topological polar surface area (TPSA) is 43.4 Å². The Morgan fingerprint density at radius 3 is 2.47 bits per heavy atom. The van der Waals surface area contributed by atoms with E-state index in [1.54, 1.807) is 12.1 Å². The van der Waals surface area contributed by atoms with Crippen LogP contribution in [0.3, 0.4) is 0 Å². The van der Waals surface area contributed by atoms with E-state index in [1.807, 2.05) is 19.1 Å². The third-order valence-corrected chi connectivity index (χ3v) is 2.26. The van der Waals surface area contributed by atoms with Crippen molar-refractivity contribution < 1.29 is 14.3 Å². The first-order valence-electron chi connectivity index (χ1n) is 4.79. The van der Waals surface area contributed by atoms with Crippen LogP contribution >= 0.6 is 0 Å². The lowest BCUT2D eigenvalue weighted by Gasteiger charge is -2.08. The van der Waals surface area contributed by atoms with Crippen molar-refractivity contribution in [1.29, 1.82) is 0 Å². The number of esters is 1. The molecule has 80 valence electrons.